The highest BCUT2D eigenvalue weighted by Crippen LogP contribution is 2.40. The Morgan fingerprint density at radius 3 is 2.54 bits per heavy atom. The van der Waals surface area contributed by atoms with E-state index in [2.05, 4.69) is 10.5 Å². The molecule has 2 heterocycles. The van der Waals surface area contributed by atoms with Crippen molar-refractivity contribution in [2.24, 2.45) is 5.10 Å². The second-order valence-electron chi connectivity index (χ2n) is 6.04. The first kappa shape index (κ1) is 16.3. The summed E-state index contributed by atoms with van der Waals surface area (Å²) in [6.07, 6.45) is 2.37. The van der Waals surface area contributed by atoms with Crippen LogP contribution in [0.4, 0.5) is 0 Å². The van der Waals surface area contributed by atoms with Gasteiger partial charge in [-0.25, -0.2) is 0 Å². The average Bonchev–Trinajstić information content (AvgIpc) is 3.35. The summed E-state index contributed by atoms with van der Waals surface area (Å²) in [4.78, 5) is 0. The number of hydrogen-bond acceptors (Lipinski definition) is 6. The number of methoxy groups -OCH3 is 3. The lowest BCUT2D eigenvalue weighted by molar-refractivity contribution is 0.395. The third-order valence-electron chi connectivity index (χ3n) is 4.66. The minimum absolute atomic E-state index is 0.0883. The van der Waals surface area contributed by atoms with Crippen LogP contribution < -0.4 is 19.6 Å². The van der Waals surface area contributed by atoms with Crippen molar-refractivity contribution < 1.29 is 18.6 Å². The molecule has 4 rings (SSSR count). The molecule has 0 unspecified atom stereocenters. The highest BCUT2D eigenvalue weighted by atomic mass is 16.5. The Balaban J connectivity index is 1.69. The van der Waals surface area contributed by atoms with Gasteiger partial charge in [0.05, 0.1) is 50.3 Å². The third kappa shape index (κ3) is 2.63. The number of furan rings is 1. The zero-order valence-corrected chi connectivity index (χ0v) is 14.9. The van der Waals surface area contributed by atoms with Crippen LogP contribution >= 0.6 is 0 Å². The quantitative estimate of drug-likeness (QED) is 0.754. The molecule has 0 saturated heterocycles. The van der Waals surface area contributed by atoms with Gasteiger partial charge in [-0.2, -0.15) is 5.10 Å². The Morgan fingerprint density at radius 2 is 1.85 bits per heavy atom. The second-order valence-corrected chi connectivity index (χ2v) is 6.04. The Morgan fingerprint density at radius 1 is 1.04 bits per heavy atom. The zero-order chi connectivity index (χ0) is 18.1. The zero-order valence-electron chi connectivity index (χ0n) is 14.9. The van der Waals surface area contributed by atoms with Gasteiger partial charge in [-0.3, -0.25) is 0 Å². The number of hydrazone groups is 1. The van der Waals surface area contributed by atoms with Gasteiger partial charge in [0, 0.05) is 12.5 Å². The molecule has 0 bridgehead atoms. The highest BCUT2D eigenvalue weighted by Gasteiger charge is 2.28. The van der Waals surface area contributed by atoms with Crippen molar-refractivity contribution in [2.75, 3.05) is 21.3 Å². The second kappa shape index (κ2) is 6.63. The molecule has 6 heteroatoms. The van der Waals surface area contributed by atoms with Gasteiger partial charge >= 0.3 is 0 Å². The predicted octanol–water partition coefficient (Wildman–Crippen LogP) is 3.90. The number of fused-ring (bicyclic) bond motifs is 1. The average molecular weight is 352 g/mol. The molecule has 0 fully saturated rings. The van der Waals surface area contributed by atoms with E-state index in [1.54, 1.807) is 27.6 Å². The third-order valence-corrected chi connectivity index (χ3v) is 4.66. The van der Waals surface area contributed by atoms with Crippen molar-refractivity contribution in [2.45, 2.75) is 12.5 Å². The molecule has 1 aliphatic rings. The standard InChI is InChI=1S/C20H20N2O4/c1-23-13-6-4-12(5-7-13)15-10-16(22-21-15)19-18(24-2)11-17-14(8-9-26-17)20(19)25-3/h4-9,11,15,21H,10H2,1-3H3/t15-/m0/s1. The van der Waals surface area contributed by atoms with E-state index in [4.69, 9.17) is 18.6 Å². The largest absolute Gasteiger partial charge is 0.497 e. The van der Waals surface area contributed by atoms with Crippen LogP contribution in [0.15, 0.2) is 52.2 Å². The Kier molecular flexibility index (Phi) is 4.16. The number of nitrogens with zero attached hydrogens (tertiary/aromatic N) is 1. The van der Waals surface area contributed by atoms with Crippen molar-refractivity contribution >= 4 is 16.7 Å². The van der Waals surface area contributed by atoms with Gasteiger partial charge in [0.2, 0.25) is 0 Å². The molecule has 1 aliphatic heterocycles. The summed E-state index contributed by atoms with van der Waals surface area (Å²) in [7, 11) is 4.94. The van der Waals surface area contributed by atoms with E-state index < -0.39 is 0 Å². The lowest BCUT2D eigenvalue weighted by atomic mass is 9.97. The molecule has 6 nitrogen and oxygen atoms in total. The first-order chi connectivity index (χ1) is 12.7. The fraction of sp³-hybridized carbons (Fsp3) is 0.250. The van der Waals surface area contributed by atoms with Crippen LogP contribution in [-0.4, -0.2) is 27.0 Å². The van der Waals surface area contributed by atoms with Crippen molar-refractivity contribution in [3.63, 3.8) is 0 Å². The molecule has 0 aliphatic carbocycles. The van der Waals surface area contributed by atoms with Crippen molar-refractivity contribution in [3.05, 3.63) is 53.8 Å². The fourth-order valence-electron chi connectivity index (χ4n) is 3.33. The van der Waals surface area contributed by atoms with Gasteiger partial charge in [0.15, 0.2) is 0 Å². The van der Waals surface area contributed by atoms with E-state index in [1.165, 1.54) is 0 Å². The fourth-order valence-corrected chi connectivity index (χ4v) is 3.33. The Hall–Kier alpha value is -3.15. The van der Waals surface area contributed by atoms with Gasteiger partial charge in [-0.15, -0.1) is 0 Å². The summed E-state index contributed by atoms with van der Waals surface area (Å²) >= 11 is 0. The predicted molar refractivity (Wildman–Crippen MR) is 99.3 cm³/mol. The molecule has 3 aromatic rings. The van der Waals surface area contributed by atoms with Crippen LogP contribution in [0.25, 0.3) is 11.0 Å². The molecular weight excluding hydrogens is 332 g/mol. The molecule has 1 aromatic heterocycles. The summed E-state index contributed by atoms with van der Waals surface area (Å²) in [5.74, 6) is 2.23. The van der Waals surface area contributed by atoms with Gasteiger partial charge < -0.3 is 24.1 Å². The maximum atomic E-state index is 5.68. The highest BCUT2D eigenvalue weighted by molar-refractivity contribution is 6.10. The lowest BCUT2D eigenvalue weighted by Gasteiger charge is -2.14. The number of rotatable bonds is 5. The molecular formula is C20H20N2O4. The summed E-state index contributed by atoms with van der Waals surface area (Å²) in [5, 5.41) is 5.46. The molecule has 26 heavy (non-hydrogen) atoms. The van der Waals surface area contributed by atoms with E-state index in [-0.39, 0.29) is 6.04 Å². The van der Waals surface area contributed by atoms with Crippen LogP contribution in [0.1, 0.15) is 23.6 Å². The van der Waals surface area contributed by atoms with E-state index in [0.29, 0.717) is 11.5 Å². The normalized spacial score (nSPS) is 16.3. The van der Waals surface area contributed by atoms with Gasteiger partial charge in [0.1, 0.15) is 22.8 Å². The van der Waals surface area contributed by atoms with Crippen molar-refractivity contribution in [1.82, 2.24) is 5.43 Å². The van der Waals surface area contributed by atoms with E-state index in [0.717, 1.165) is 40.0 Å². The molecule has 134 valence electrons. The van der Waals surface area contributed by atoms with Crippen LogP contribution in [0.5, 0.6) is 17.2 Å². The Labute approximate surface area is 151 Å². The van der Waals surface area contributed by atoms with Crippen LogP contribution in [-0.2, 0) is 0 Å². The van der Waals surface area contributed by atoms with Crippen molar-refractivity contribution in [3.8, 4) is 17.2 Å². The monoisotopic (exact) mass is 352 g/mol. The minimum Gasteiger partial charge on any atom is -0.497 e. The molecule has 0 radical (unpaired) electrons. The van der Waals surface area contributed by atoms with Crippen LogP contribution in [0.3, 0.4) is 0 Å². The lowest BCUT2D eigenvalue weighted by Crippen LogP contribution is -2.10. The molecule has 1 N–H and O–H groups in total. The summed E-state index contributed by atoms with van der Waals surface area (Å²) in [5.41, 5.74) is 6.83. The molecule has 0 saturated carbocycles. The number of benzene rings is 2. The smallest absolute Gasteiger partial charge is 0.142 e. The topological polar surface area (TPSA) is 65.2 Å². The first-order valence-electron chi connectivity index (χ1n) is 8.33. The SMILES string of the molecule is COc1ccc([C@@H]2CC(c3c(OC)cc4occc4c3OC)=NN2)cc1. The van der Waals surface area contributed by atoms with Gasteiger partial charge in [-0.1, -0.05) is 12.1 Å². The van der Waals surface area contributed by atoms with Crippen molar-refractivity contribution in [1.29, 1.82) is 0 Å². The van der Waals surface area contributed by atoms with E-state index >= 15 is 0 Å². The van der Waals surface area contributed by atoms with Crippen LogP contribution in [0, 0.1) is 0 Å². The van der Waals surface area contributed by atoms with Crippen LogP contribution in [0.2, 0.25) is 0 Å². The van der Waals surface area contributed by atoms with Gasteiger partial charge in [-0.05, 0) is 23.8 Å². The summed E-state index contributed by atoms with van der Waals surface area (Å²) in [6.45, 7) is 0. The van der Waals surface area contributed by atoms with E-state index in [9.17, 15) is 0 Å². The van der Waals surface area contributed by atoms with E-state index in [1.807, 2.05) is 36.4 Å². The Bertz CT molecular complexity index is 960. The number of nitrogens with one attached hydrogen (secondary N) is 1. The van der Waals surface area contributed by atoms with Gasteiger partial charge in [0.25, 0.3) is 0 Å². The summed E-state index contributed by atoms with van der Waals surface area (Å²) < 4.78 is 22.0. The maximum Gasteiger partial charge on any atom is 0.142 e. The molecule has 1 atom stereocenters. The molecule has 2 aromatic carbocycles. The first-order valence-corrected chi connectivity index (χ1v) is 8.33. The summed E-state index contributed by atoms with van der Waals surface area (Å²) in [6, 6.07) is 11.8. The number of hydrogen-bond donors (Lipinski definition) is 1. The molecule has 0 amide bonds. The maximum absolute atomic E-state index is 5.68. The molecule has 0 spiro atoms. The number of ether oxygens (including phenoxy) is 3. The minimum atomic E-state index is 0.0883.